The number of hydrogen-bond acceptors (Lipinski definition) is 4. The predicted molar refractivity (Wildman–Crippen MR) is 69.2 cm³/mol. The lowest BCUT2D eigenvalue weighted by Crippen LogP contribution is -2.65. The number of thiazole rings is 1. The summed E-state index contributed by atoms with van der Waals surface area (Å²) in [5.74, 6) is -0.0861. The first-order valence-corrected chi connectivity index (χ1v) is 6.97. The van der Waals surface area contributed by atoms with Gasteiger partial charge >= 0.3 is 0 Å². The van der Waals surface area contributed by atoms with Crippen molar-refractivity contribution in [1.29, 1.82) is 0 Å². The van der Waals surface area contributed by atoms with Crippen LogP contribution in [-0.4, -0.2) is 40.3 Å². The maximum absolute atomic E-state index is 12.3. The third-order valence-corrected chi connectivity index (χ3v) is 3.97. The molecule has 1 aliphatic rings. The van der Waals surface area contributed by atoms with Crippen LogP contribution in [0.15, 0.2) is 10.9 Å². The van der Waals surface area contributed by atoms with Crippen LogP contribution in [0.4, 0.5) is 0 Å². The molecule has 1 atom stereocenters. The van der Waals surface area contributed by atoms with Crippen molar-refractivity contribution in [2.24, 2.45) is 0 Å². The van der Waals surface area contributed by atoms with Gasteiger partial charge in [0.2, 0.25) is 11.8 Å². The second kappa shape index (κ2) is 5.06. The zero-order valence-electron chi connectivity index (χ0n) is 10.6. The number of carbonyl (C=O) groups excluding carboxylic acids is 2. The first-order valence-electron chi connectivity index (χ1n) is 6.02. The Balaban J connectivity index is 2.03. The number of aromatic nitrogens is 1. The lowest BCUT2D eigenvalue weighted by molar-refractivity contribution is -0.149. The van der Waals surface area contributed by atoms with E-state index in [-0.39, 0.29) is 18.4 Å². The molecular formula is C12H17N3O2S. The van der Waals surface area contributed by atoms with Gasteiger partial charge in [-0.05, 0) is 13.3 Å². The van der Waals surface area contributed by atoms with E-state index in [0.29, 0.717) is 19.4 Å². The van der Waals surface area contributed by atoms with Gasteiger partial charge < -0.3 is 10.2 Å². The molecule has 0 aliphatic carbocycles. The Labute approximate surface area is 110 Å². The minimum Gasteiger partial charge on any atom is -0.340 e. The molecular weight excluding hydrogens is 250 g/mol. The average Bonchev–Trinajstić information content (AvgIpc) is 2.85. The average molecular weight is 267 g/mol. The molecule has 98 valence electrons. The van der Waals surface area contributed by atoms with Crippen molar-refractivity contribution in [2.45, 2.75) is 32.2 Å². The third-order valence-electron chi connectivity index (χ3n) is 3.34. The second-order valence-corrected chi connectivity index (χ2v) is 5.41. The summed E-state index contributed by atoms with van der Waals surface area (Å²) in [6.07, 6.45) is 1.30. The van der Waals surface area contributed by atoms with Crippen LogP contribution in [0.3, 0.4) is 0 Å². The number of amides is 2. The Kier molecular flexibility index (Phi) is 3.65. The molecule has 2 amide bonds. The first kappa shape index (κ1) is 13.0. The molecule has 0 spiro atoms. The highest BCUT2D eigenvalue weighted by molar-refractivity contribution is 7.07. The highest BCUT2D eigenvalue weighted by Crippen LogP contribution is 2.18. The van der Waals surface area contributed by atoms with E-state index in [2.05, 4.69) is 10.3 Å². The summed E-state index contributed by atoms with van der Waals surface area (Å²) >= 11 is 1.54. The van der Waals surface area contributed by atoms with Gasteiger partial charge in [-0.25, -0.2) is 4.98 Å². The van der Waals surface area contributed by atoms with Gasteiger partial charge in [0.05, 0.1) is 17.7 Å². The van der Waals surface area contributed by atoms with Crippen molar-refractivity contribution in [3.05, 3.63) is 16.6 Å². The van der Waals surface area contributed by atoms with E-state index in [1.807, 2.05) is 12.3 Å². The molecule has 1 N–H and O–H groups in total. The minimum absolute atomic E-state index is 0.000158. The third kappa shape index (κ3) is 2.53. The van der Waals surface area contributed by atoms with Crippen LogP contribution in [0.1, 0.15) is 26.0 Å². The standard InChI is InChI=1S/C12H17N3O2S/c1-3-12(2)11(17)15(6-10(16)14-12)5-4-9-7-18-8-13-9/h7-8H,3-6H2,1-2H3,(H,14,16). The molecule has 2 heterocycles. The molecule has 5 nitrogen and oxygen atoms in total. The van der Waals surface area contributed by atoms with Crippen molar-refractivity contribution in [1.82, 2.24) is 15.2 Å². The first-order chi connectivity index (χ1) is 8.55. The zero-order chi connectivity index (χ0) is 13.2. The molecule has 1 aromatic heterocycles. The molecule has 0 bridgehead atoms. The Morgan fingerprint density at radius 2 is 2.33 bits per heavy atom. The quantitative estimate of drug-likeness (QED) is 0.878. The van der Waals surface area contributed by atoms with E-state index in [4.69, 9.17) is 0 Å². The van der Waals surface area contributed by atoms with E-state index >= 15 is 0 Å². The van der Waals surface area contributed by atoms with Crippen molar-refractivity contribution < 1.29 is 9.59 Å². The molecule has 0 aromatic carbocycles. The second-order valence-electron chi connectivity index (χ2n) is 4.69. The fraction of sp³-hybridized carbons (Fsp3) is 0.583. The summed E-state index contributed by atoms with van der Waals surface area (Å²) < 4.78 is 0. The van der Waals surface area contributed by atoms with Crippen LogP contribution < -0.4 is 5.32 Å². The zero-order valence-corrected chi connectivity index (χ0v) is 11.4. The van der Waals surface area contributed by atoms with Crippen molar-refractivity contribution >= 4 is 23.2 Å². The molecule has 1 saturated heterocycles. The smallest absolute Gasteiger partial charge is 0.248 e. The Morgan fingerprint density at radius 1 is 1.56 bits per heavy atom. The van der Waals surface area contributed by atoms with E-state index < -0.39 is 5.54 Å². The maximum Gasteiger partial charge on any atom is 0.248 e. The van der Waals surface area contributed by atoms with Crippen LogP contribution in [-0.2, 0) is 16.0 Å². The van der Waals surface area contributed by atoms with E-state index in [0.717, 1.165) is 5.69 Å². The summed E-state index contributed by atoms with van der Waals surface area (Å²) in [4.78, 5) is 29.7. The van der Waals surface area contributed by atoms with E-state index in [1.54, 1.807) is 17.3 Å². The van der Waals surface area contributed by atoms with Gasteiger partial charge in [-0.15, -0.1) is 11.3 Å². The molecule has 18 heavy (non-hydrogen) atoms. The van der Waals surface area contributed by atoms with Gasteiger partial charge in [0, 0.05) is 18.3 Å². The largest absolute Gasteiger partial charge is 0.340 e. The molecule has 0 saturated carbocycles. The molecule has 1 unspecified atom stereocenters. The van der Waals surface area contributed by atoms with Gasteiger partial charge in [-0.3, -0.25) is 9.59 Å². The molecule has 6 heteroatoms. The van der Waals surface area contributed by atoms with Gasteiger partial charge in [0.1, 0.15) is 5.54 Å². The number of nitrogens with zero attached hydrogens (tertiary/aromatic N) is 2. The van der Waals surface area contributed by atoms with Gasteiger partial charge in [0.15, 0.2) is 0 Å². The summed E-state index contributed by atoms with van der Waals surface area (Å²) in [7, 11) is 0. The van der Waals surface area contributed by atoms with Crippen LogP contribution in [0.25, 0.3) is 0 Å². The maximum atomic E-state index is 12.3. The highest BCUT2D eigenvalue weighted by Gasteiger charge is 2.41. The Hall–Kier alpha value is -1.43. The van der Waals surface area contributed by atoms with Crippen LogP contribution >= 0.6 is 11.3 Å². The summed E-state index contributed by atoms with van der Waals surface area (Å²) in [6, 6.07) is 0. The topological polar surface area (TPSA) is 62.3 Å². The normalized spacial score (nSPS) is 24.2. The Bertz CT molecular complexity index is 446. The lowest BCUT2D eigenvalue weighted by Gasteiger charge is -2.39. The lowest BCUT2D eigenvalue weighted by atomic mass is 9.94. The van der Waals surface area contributed by atoms with Crippen molar-refractivity contribution in [2.75, 3.05) is 13.1 Å². The summed E-state index contributed by atoms with van der Waals surface area (Å²) in [5, 5.41) is 4.74. The molecule has 1 fully saturated rings. The number of nitrogens with one attached hydrogen (secondary N) is 1. The number of piperazine rings is 1. The highest BCUT2D eigenvalue weighted by atomic mass is 32.1. The fourth-order valence-electron chi connectivity index (χ4n) is 2.03. The van der Waals surface area contributed by atoms with Gasteiger partial charge in [-0.2, -0.15) is 0 Å². The minimum atomic E-state index is -0.753. The van der Waals surface area contributed by atoms with Crippen LogP contribution in [0.5, 0.6) is 0 Å². The molecule has 1 aliphatic heterocycles. The molecule has 0 radical (unpaired) electrons. The van der Waals surface area contributed by atoms with Crippen LogP contribution in [0, 0.1) is 0 Å². The number of hydrogen-bond donors (Lipinski definition) is 1. The summed E-state index contributed by atoms with van der Waals surface area (Å²) in [6.45, 7) is 4.38. The molecule has 1 aromatic rings. The summed E-state index contributed by atoms with van der Waals surface area (Å²) in [5.41, 5.74) is 1.99. The molecule has 2 rings (SSSR count). The van der Waals surface area contributed by atoms with Crippen molar-refractivity contribution in [3.8, 4) is 0 Å². The fourth-order valence-corrected chi connectivity index (χ4v) is 2.62. The SMILES string of the molecule is CCC1(C)NC(=O)CN(CCc2cscn2)C1=O. The van der Waals surface area contributed by atoms with E-state index in [9.17, 15) is 9.59 Å². The van der Waals surface area contributed by atoms with Gasteiger partial charge in [-0.1, -0.05) is 6.92 Å². The monoisotopic (exact) mass is 267 g/mol. The number of carbonyl (C=O) groups is 2. The predicted octanol–water partition coefficient (Wildman–Crippen LogP) is 0.813. The Morgan fingerprint density at radius 3 is 2.94 bits per heavy atom. The van der Waals surface area contributed by atoms with Crippen LogP contribution in [0.2, 0.25) is 0 Å². The number of rotatable bonds is 4. The van der Waals surface area contributed by atoms with Gasteiger partial charge in [0.25, 0.3) is 0 Å². The van der Waals surface area contributed by atoms with E-state index in [1.165, 1.54) is 11.3 Å². The van der Waals surface area contributed by atoms with Crippen molar-refractivity contribution in [3.63, 3.8) is 0 Å².